The van der Waals surface area contributed by atoms with Crippen LogP contribution in [-0.2, 0) is 16.8 Å². The van der Waals surface area contributed by atoms with Gasteiger partial charge in [-0.15, -0.1) is 0 Å². The van der Waals surface area contributed by atoms with Crippen LogP contribution in [0.3, 0.4) is 0 Å². The molecule has 1 aliphatic carbocycles. The molecule has 1 aromatic carbocycles. The van der Waals surface area contributed by atoms with Gasteiger partial charge < -0.3 is 5.32 Å². The molecule has 1 atom stereocenters. The van der Waals surface area contributed by atoms with Crippen LogP contribution >= 0.6 is 0 Å². The van der Waals surface area contributed by atoms with Gasteiger partial charge in [-0.2, -0.15) is 5.10 Å². The topological polar surface area (TPSA) is 67.2 Å². The van der Waals surface area contributed by atoms with Crippen LogP contribution in [-0.4, -0.2) is 33.2 Å². The highest BCUT2D eigenvalue weighted by Crippen LogP contribution is 2.35. The van der Waals surface area contributed by atoms with Gasteiger partial charge in [-0.05, 0) is 44.9 Å². The highest BCUT2D eigenvalue weighted by Gasteiger charge is 2.49. The summed E-state index contributed by atoms with van der Waals surface area (Å²) in [6.07, 6.45) is 6.73. The fraction of sp³-hybridized carbons (Fsp3) is 0.577. The average molecular weight is 437 g/mol. The van der Waals surface area contributed by atoms with Crippen molar-refractivity contribution in [2.75, 3.05) is 4.90 Å². The van der Waals surface area contributed by atoms with Crippen LogP contribution in [0.5, 0.6) is 0 Å². The van der Waals surface area contributed by atoms with Crippen molar-refractivity contribution in [3.63, 3.8) is 0 Å². The maximum absolute atomic E-state index is 13.8. The first-order valence-corrected chi connectivity index (χ1v) is 11.9. The van der Waals surface area contributed by atoms with Gasteiger partial charge in [-0.1, -0.05) is 64.2 Å². The van der Waals surface area contributed by atoms with Crippen LogP contribution in [0, 0.1) is 6.92 Å². The van der Waals surface area contributed by atoms with E-state index in [9.17, 15) is 9.59 Å². The number of carbonyl (C=O) groups excluding carboxylic acids is 2. The van der Waals surface area contributed by atoms with Crippen LogP contribution in [0.2, 0.25) is 0 Å². The van der Waals surface area contributed by atoms with E-state index < -0.39 is 5.54 Å². The van der Waals surface area contributed by atoms with E-state index in [1.54, 1.807) is 9.58 Å². The second-order valence-electron chi connectivity index (χ2n) is 10.7. The van der Waals surface area contributed by atoms with E-state index in [0.717, 1.165) is 42.6 Å². The van der Waals surface area contributed by atoms with Crippen molar-refractivity contribution in [3.05, 3.63) is 47.3 Å². The Kier molecular flexibility index (Phi) is 5.91. The van der Waals surface area contributed by atoms with Crippen molar-refractivity contribution in [3.8, 4) is 0 Å². The van der Waals surface area contributed by atoms with Crippen molar-refractivity contribution in [2.24, 2.45) is 0 Å². The number of nitrogens with one attached hydrogen (secondary N) is 1. The van der Waals surface area contributed by atoms with E-state index in [4.69, 9.17) is 5.10 Å². The van der Waals surface area contributed by atoms with E-state index in [1.807, 2.05) is 44.2 Å². The predicted molar refractivity (Wildman–Crippen MR) is 127 cm³/mol. The van der Waals surface area contributed by atoms with Crippen LogP contribution < -0.4 is 10.2 Å². The Morgan fingerprint density at radius 2 is 1.72 bits per heavy atom. The first-order valence-electron chi connectivity index (χ1n) is 11.9. The van der Waals surface area contributed by atoms with Gasteiger partial charge in [0.25, 0.3) is 5.91 Å². The van der Waals surface area contributed by atoms with E-state index in [0.29, 0.717) is 12.2 Å². The molecular weight excluding hydrogens is 400 g/mol. The number of aromatic nitrogens is 2. The van der Waals surface area contributed by atoms with Crippen LogP contribution in [0.1, 0.15) is 88.0 Å². The summed E-state index contributed by atoms with van der Waals surface area (Å²) in [4.78, 5) is 29.2. The van der Waals surface area contributed by atoms with Crippen LogP contribution in [0.15, 0.2) is 30.3 Å². The molecule has 2 heterocycles. The molecule has 0 radical (unpaired) electrons. The zero-order valence-electron chi connectivity index (χ0n) is 20.1. The minimum atomic E-state index is -1.06. The number of anilines is 1. The van der Waals surface area contributed by atoms with Gasteiger partial charge in [0.15, 0.2) is 0 Å². The first kappa shape index (κ1) is 22.6. The van der Waals surface area contributed by atoms with Gasteiger partial charge in [-0.3, -0.25) is 19.2 Å². The molecule has 32 heavy (non-hydrogen) atoms. The zero-order valence-corrected chi connectivity index (χ0v) is 20.1. The molecule has 1 fully saturated rings. The molecule has 2 aromatic rings. The molecule has 1 aromatic heterocycles. The molecule has 1 N–H and O–H groups in total. The lowest BCUT2D eigenvalue weighted by atomic mass is 9.91. The number of aryl methyl sites for hydroxylation is 1. The molecule has 6 nitrogen and oxygen atoms in total. The van der Waals surface area contributed by atoms with Gasteiger partial charge in [0.1, 0.15) is 11.2 Å². The Morgan fingerprint density at radius 3 is 2.31 bits per heavy atom. The highest BCUT2D eigenvalue weighted by molar-refractivity contribution is 6.11. The van der Waals surface area contributed by atoms with Gasteiger partial charge in [0, 0.05) is 17.1 Å². The summed E-state index contributed by atoms with van der Waals surface area (Å²) in [6, 6.07) is 9.88. The highest BCUT2D eigenvalue weighted by atomic mass is 16.2. The fourth-order valence-electron chi connectivity index (χ4n) is 4.81. The molecule has 172 valence electrons. The van der Waals surface area contributed by atoms with Crippen molar-refractivity contribution in [2.45, 2.75) is 96.7 Å². The Balaban J connectivity index is 1.74. The normalized spacial score (nSPS) is 22.4. The molecule has 2 amide bonds. The molecule has 0 unspecified atom stereocenters. The monoisotopic (exact) mass is 436 g/mol. The Labute approximate surface area is 191 Å². The molecule has 1 saturated carbocycles. The average Bonchev–Trinajstić information content (AvgIpc) is 3.00. The maximum atomic E-state index is 13.8. The SMILES string of the molecule is Cc1ccc(N2C(=O)c3cc(C(C)(C)C)nn3C[C@@]2(C)C(=O)NC2CCCCCC2)cc1. The quantitative estimate of drug-likeness (QED) is 0.706. The summed E-state index contributed by atoms with van der Waals surface area (Å²) >= 11 is 0. The molecular formula is C26H36N4O2. The smallest absolute Gasteiger partial charge is 0.277 e. The van der Waals surface area contributed by atoms with E-state index >= 15 is 0 Å². The molecule has 0 spiro atoms. The lowest BCUT2D eigenvalue weighted by molar-refractivity contribution is -0.127. The van der Waals surface area contributed by atoms with Crippen LogP contribution in [0.25, 0.3) is 0 Å². The minimum absolute atomic E-state index is 0.100. The number of carbonyl (C=O) groups is 2. The number of hydrogen-bond donors (Lipinski definition) is 1. The van der Waals surface area contributed by atoms with Crippen LogP contribution in [0.4, 0.5) is 5.69 Å². The molecule has 6 heteroatoms. The fourth-order valence-corrected chi connectivity index (χ4v) is 4.81. The van der Waals surface area contributed by atoms with E-state index in [2.05, 4.69) is 26.1 Å². The van der Waals surface area contributed by atoms with Gasteiger partial charge in [0.2, 0.25) is 5.91 Å². The van der Waals surface area contributed by atoms with Crippen molar-refractivity contribution in [1.82, 2.24) is 15.1 Å². The van der Waals surface area contributed by atoms with E-state index in [-0.39, 0.29) is 23.3 Å². The number of benzene rings is 1. The molecule has 0 bridgehead atoms. The summed E-state index contributed by atoms with van der Waals surface area (Å²) in [5, 5.41) is 8.04. The third kappa shape index (κ3) is 4.19. The number of amides is 2. The number of hydrogen-bond acceptors (Lipinski definition) is 3. The Hall–Kier alpha value is -2.63. The Morgan fingerprint density at radius 1 is 1.09 bits per heavy atom. The molecule has 1 aliphatic heterocycles. The summed E-state index contributed by atoms with van der Waals surface area (Å²) in [5.41, 5.74) is 2.01. The number of nitrogens with zero attached hydrogens (tertiary/aromatic N) is 3. The lowest BCUT2D eigenvalue weighted by Crippen LogP contribution is -2.65. The van der Waals surface area contributed by atoms with E-state index in [1.165, 1.54) is 12.8 Å². The van der Waals surface area contributed by atoms with Gasteiger partial charge >= 0.3 is 0 Å². The van der Waals surface area contributed by atoms with Crippen molar-refractivity contribution < 1.29 is 9.59 Å². The van der Waals surface area contributed by atoms with Gasteiger partial charge in [-0.25, -0.2) is 0 Å². The molecule has 4 rings (SSSR count). The third-order valence-corrected chi connectivity index (χ3v) is 6.89. The molecule has 0 saturated heterocycles. The lowest BCUT2D eigenvalue weighted by Gasteiger charge is -2.43. The predicted octanol–water partition coefficient (Wildman–Crippen LogP) is 4.75. The second-order valence-corrected chi connectivity index (χ2v) is 10.7. The number of rotatable bonds is 3. The minimum Gasteiger partial charge on any atom is -0.351 e. The maximum Gasteiger partial charge on any atom is 0.277 e. The van der Waals surface area contributed by atoms with Crippen molar-refractivity contribution >= 4 is 17.5 Å². The number of fused-ring (bicyclic) bond motifs is 1. The summed E-state index contributed by atoms with van der Waals surface area (Å²) < 4.78 is 1.74. The summed E-state index contributed by atoms with van der Waals surface area (Å²) in [7, 11) is 0. The largest absolute Gasteiger partial charge is 0.351 e. The standard InChI is InChI=1S/C26H36N4O2/c1-18-12-14-20(15-13-18)30-23(31)21-16-22(25(2,3)4)28-29(21)17-26(30,5)24(32)27-19-10-8-6-7-9-11-19/h12-16,19H,6-11,17H2,1-5H3,(H,27,32)/t26-/m0/s1. The summed E-state index contributed by atoms with van der Waals surface area (Å²) in [6.45, 7) is 10.5. The summed E-state index contributed by atoms with van der Waals surface area (Å²) in [5.74, 6) is -0.279. The zero-order chi connectivity index (χ0) is 23.1. The molecule has 2 aliphatic rings. The van der Waals surface area contributed by atoms with Gasteiger partial charge in [0.05, 0.1) is 12.2 Å². The van der Waals surface area contributed by atoms with Crippen molar-refractivity contribution in [1.29, 1.82) is 0 Å². The first-order chi connectivity index (χ1) is 15.1. The second kappa shape index (κ2) is 8.38. The Bertz CT molecular complexity index is 994. The third-order valence-electron chi connectivity index (χ3n) is 6.89.